The summed E-state index contributed by atoms with van der Waals surface area (Å²) >= 11 is 11.6. The summed E-state index contributed by atoms with van der Waals surface area (Å²) in [7, 11) is 0. The van der Waals surface area contributed by atoms with Crippen molar-refractivity contribution in [3.05, 3.63) is 28.2 Å². The second-order valence-corrected chi connectivity index (χ2v) is 3.81. The van der Waals surface area contributed by atoms with Crippen LogP contribution in [0.1, 0.15) is 6.92 Å². The normalized spacial score (nSPS) is 12.6. The maximum absolute atomic E-state index is 5.81. The third-order valence-electron chi connectivity index (χ3n) is 1.58. The van der Waals surface area contributed by atoms with Gasteiger partial charge in [0.25, 0.3) is 0 Å². The molecule has 0 saturated heterocycles. The number of nitrogens with one attached hydrogen (secondary N) is 1. The van der Waals surface area contributed by atoms with Crippen LogP contribution in [0.5, 0.6) is 5.75 Å². The Balaban J connectivity index is 2.66. The molecule has 0 saturated carbocycles. The van der Waals surface area contributed by atoms with Crippen molar-refractivity contribution in [1.29, 1.82) is 0 Å². The third kappa shape index (κ3) is 3.72. The van der Waals surface area contributed by atoms with Gasteiger partial charge in [-0.1, -0.05) is 23.2 Å². The molecule has 78 valence electrons. The molecule has 5 heteroatoms. The smallest absolute Gasteiger partial charge is 0.122 e. The summed E-state index contributed by atoms with van der Waals surface area (Å²) in [6.45, 7) is 2.46. The first-order chi connectivity index (χ1) is 6.61. The molecule has 0 aliphatic heterocycles. The van der Waals surface area contributed by atoms with Crippen molar-refractivity contribution >= 4 is 23.2 Å². The van der Waals surface area contributed by atoms with Crippen molar-refractivity contribution in [2.75, 3.05) is 6.54 Å². The monoisotopic (exact) mass is 234 g/mol. The number of halogens is 2. The van der Waals surface area contributed by atoms with Crippen molar-refractivity contribution in [2.24, 2.45) is 5.84 Å². The Kier molecular flexibility index (Phi) is 4.48. The van der Waals surface area contributed by atoms with Gasteiger partial charge in [0.2, 0.25) is 0 Å². The molecular weight excluding hydrogens is 223 g/mol. The second-order valence-electron chi connectivity index (χ2n) is 2.94. The van der Waals surface area contributed by atoms with Crippen molar-refractivity contribution < 1.29 is 4.74 Å². The zero-order valence-electron chi connectivity index (χ0n) is 7.76. The first kappa shape index (κ1) is 11.6. The van der Waals surface area contributed by atoms with E-state index in [1.807, 2.05) is 6.92 Å². The van der Waals surface area contributed by atoms with Crippen LogP contribution in [0.25, 0.3) is 0 Å². The summed E-state index contributed by atoms with van der Waals surface area (Å²) in [5, 5.41) is 1.11. The lowest BCUT2D eigenvalue weighted by Crippen LogP contribution is -2.33. The number of rotatable bonds is 4. The van der Waals surface area contributed by atoms with E-state index in [9.17, 15) is 0 Å². The summed E-state index contributed by atoms with van der Waals surface area (Å²) in [6.07, 6.45) is -0.0328. The zero-order chi connectivity index (χ0) is 10.6. The zero-order valence-corrected chi connectivity index (χ0v) is 9.27. The SMILES string of the molecule is CC(CNN)Oc1cc(Cl)cc(Cl)c1. The fraction of sp³-hybridized carbons (Fsp3) is 0.333. The Bertz CT molecular complexity index is 287. The number of hydrogen-bond donors (Lipinski definition) is 2. The molecule has 0 aliphatic rings. The van der Waals surface area contributed by atoms with Crippen molar-refractivity contribution in [3.8, 4) is 5.75 Å². The Morgan fingerprint density at radius 3 is 2.43 bits per heavy atom. The van der Waals surface area contributed by atoms with Crippen LogP contribution in [0.4, 0.5) is 0 Å². The molecule has 1 rings (SSSR count). The average molecular weight is 235 g/mol. The van der Waals surface area contributed by atoms with Gasteiger partial charge in [-0.15, -0.1) is 0 Å². The number of hydrogen-bond acceptors (Lipinski definition) is 3. The molecule has 0 bridgehead atoms. The van der Waals surface area contributed by atoms with Gasteiger partial charge in [0.1, 0.15) is 11.9 Å². The van der Waals surface area contributed by atoms with Gasteiger partial charge < -0.3 is 4.74 Å². The summed E-state index contributed by atoms with van der Waals surface area (Å²) in [4.78, 5) is 0. The minimum atomic E-state index is -0.0328. The lowest BCUT2D eigenvalue weighted by Gasteiger charge is -2.14. The highest BCUT2D eigenvalue weighted by Crippen LogP contribution is 2.24. The Morgan fingerprint density at radius 1 is 1.36 bits per heavy atom. The van der Waals surface area contributed by atoms with Gasteiger partial charge in [-0.2, -0.15) is 0 Å². The van der Waals surface area contributed by atoms with Gasteiger partial charge in [0.05, 0.1) is 0 Å². The molecule has 1 unspecified atom stereocenters. The van der Waals surface area contributed by atoms with Gasteiger partial charge in [-0.3, -0.25) is 11.3 Å². The van der Waals surface area contributed by atoms with E-state index in [-0.39, 0.29) is 6.10 Å². The lowest BCUT2D eigenvalue weighted by molar-refractivity contribution is 0.218. The molecule has 0 aromatic heterocycles. The van der Waals surface area contributed by atoms with E-state index in [0.29, 0.717) is 22.3 Å². The lowest BCUT2D eigenvalue weighted by atomic mass is 10.3. The predicted molar refractivity (Wildman–Crippen MR) is 58.7 cm³/mol. The fourth-order valence-electron chi connectivity index (χ4n) is 1.04. The van der Waals surface area contributed by atoms with Crippen LogP contribution in [0, 0.1) is 0 Å². The van der Waals surface area contributed by atoms with Crippen molar-refractivity contribution in [3.63, 3.8) is 0 Å². The van der Waals surface area contributed by atoms with Crippen LogP contribution in [0.15, 0.2) is 18.2 Å². The number of hydrazine groups is 1. The van der Waals surface area contributed by atoms with Crippen LogP contribution in [0.3, 0.4) is 0 Å². The van der Waals surface area contributed by atoms with Crippen molar-refractivity contribution in [2.45, 2.75) is 13.0 Å². The fourth-order valence-corrected chi connectivity index (χ4v) is 1.54. The molecule has 1 atom stereocenters. The minimum absolute atomic E-state index is 0.0328. The van der Waals surface area contributed by atoms with E-state index in [4.69, 9.17) is 33.8 Å². The summed E-state index contributed by atoms with van der Waals surface area (Å²) in [6, 6.07) is 5.07. The molecule has 1 aromatic carbocycles. The first-order valence-electron chi connectivity index (χ1n) is 4.18. The molecule has 0 heterocycles. The van der Waals surface area contributed by atoms with Gasteiger partial charge in [0.15, 0.2) is 0 Å². The highest BCUT2D eigenvalue weighted by Gasteiger charge is 2.04. The second kappa shape index (κ2) is 5.41. The van der Waals surface area contributed by atoms with E-state index in [1.54, 1.807) is 18.2 Å². The van der Waals surface area contributed by atoms with Crippen LogP contribution in [-0.2, 0) is 0 Å². The first-order valence-corrected chi connectivity index (χ1v) is 4.93. The predicted octanol–water partition coefficient (Wildman–Crippen LogP) is 2.22. The summed E-state index contributed by atoms with van der Waals surface area (Å²) in [5.74, 6) is 5.80. The van der Waals surface area contributed by atoms with Crippen LogP contribution >= 0.6 is 23.2 Å². The average Bonchev–Trinajstić information content (AvgIpc) is 2.01. The van der Waals surface area contributed by atoms with Crippen molar-refractivity contribution in [1.82, 2.24) is 5.43 Å². The van der Waals surface area contributed by atoms with Gasteiger partial charge in [-0.05, 0) is 25.1 Å². The molecule has 1 aromatic rings. The summed E-state index contributed by atoms with van der Waals surface area (Å²) < 4.78 is 5.50. The number of ether oxygens (including phenoxy) is 1. The minimum Gasteiger partial charge on any atom is -0.489 e. The van der Waals surface area contributed by atoms with Crippen LogP contribution in [-0.4, -0.2) is 12.6 Å². The van der Waals surface area contributed by atoms with E-state index in [2.05, 4.69) is 5.43 Å². The maximum Gasteiger partial charge on any atom is 0.122 e. The quantitative estimate of drug-likeness (QED) is 0.621. The topological polar surface area (TPSA) is 47.3 Å². The van der Waals surface area contributed by atoms with E-state index < -0.39 is 0 Å². The molecule has 0 amide bonds. The molecule has 0 aliphatic carbocycles. The molecule has 3 nitrogen and oxygen atoms in total. The highest BCUT2D eigenvalue weighted by atomic mass is 35.5. The Morgan fingerprint density at radius 2 is 1.93 bits per heavy atom. The highest BCUT2D eigenvalue weighted by molar-refractivity contribution is 6.34. The molecule has 0 spiro atoms. The van der Waals surface area contributed by atoms with E-state index in [0.717, 1.165) is 0 Å². The standard InChI is InChI=1S/C9H12Cl2N2O/c1-6(5-13-12)14-9-3-7(10)2-8(11)4-9/h2-4,6,13H,5,12H2,1H3. The Labute approximate surface area is 93.1 Å². The molecule has 14 heavy (non-hydrogen) atoms. The number of benzene rings is 1. The number of nitrogens with two attached hydrogens (primary N) is 1. The third-order valence-corrected chi connectivity index (χ3v) is 2.02. The van der Waals surface area contributed by atoms with Gasteiger partial charge in [-0.25, -0.2) is 0 Å². The summed E-state index contributed by atoms with van der Waals surface area (Å²) in [5.41, 5.74) is 2.53. The molecule has 3 N–H and O–H groups in total. The maximum atomic E-state index is 5.81. The molecule has 0 fully saturated rings. The largest absolute Gasteiger partial charge is 0.489 e. The van der Waals surface area contributed by atoms with Gasteiger partial charge >= 0.3 is 0 Å². The van der Waals surface area contributed by atoms with E-state index in [1.165, 1.54) is 0 Å². The van der Waals surface area contributed by atoms with Crippen LogP contribution < -0.4 is 16.0 Å². The van der Waals surface area contributed by atoms with Gasteiger partial charge in [0, 0.05) is 16.6 Å². The van der Waals surface area contributed by atoms with Crippen LogP contribution in [0.2, 0.25) is 10.0 Å². The molecular formula is C9H12Cl2N2O. The molecule has 0 radical (unpaired) electrons. The van der Waals surface area contributed by atoms with E-state index >= 15 is 0 Å². The Hall–Kier alpha value is -0.480.